The van der Waals surface area contributed by atoms with E-state index in [4.69, 9.17) is 4.99 Å². The lowest BCUT2D eigenvalue weighted by Crippen LogP contribution is -2.44. The Morgan fingerprint density at radius 3 is 2.53 bits per heavy atom. The molecule has 2 heterocycles. The molecule has 0 spiro atoms. The summed E-state index contributed by atoms with van der Waals surface area (Å²) in [4.78, 5) is 21.3. The van der Waals surface area contributed by atoms with Gasteiger partial charge in [-0.1, -0.05) is 42.5 Å². The second kappa shape index (κ2) is 12.1. The Bertz CT molecular complexity index is 904. The number of amides is 1. The van der Waals surface area contributed by atoms with Crippen molar-refractivity contribution in [2.45, 2.75) is 45.3 Å². The van der Waals surface area contributed by atoms with Crippen molar-refractivity contribution < 1.29 is 4.79 Å². The minimum absolute atomic E-state index is 0. The second-order valence-electron chi connectivity index (χ2n) is 8.29. The van der Waals surface area contributed by atoms with Gasteiger partial charge in [-0.25, -0.2) is 4.99 Å². The fraction of sp³-hybridized carbons (Fsp3) is 0.440. The molecule has 0 radical (unpaired) electrons. The highest BCUT2D eigenvalue weighted by Gasteiger charge is 2.23. The third-order valence-electron chi connectivity index (χ3n) is 6.05. The van der Waals surface area contributed by atoms with E-state index < -0.39 is 0 Å². The molecular formula is C25H34IN5O. The zero-order valence-electron chi connectivity index (χ0n) is 18.8. The van der Waals surface area contributed by atoms with Crippen molar-refractivity contribution in [2.75, 3.05) is 31.1 Å². The molecule has 6 nitrogen and oxygen atoms in total. The van der Waals surface area contributed by atoms with Crippen molar-refractivity contribution in [2.24, 2.45) is 4.99 Å². The van der Waals surface area contributed by atoms with Crippen molar-refractivity contribution >= 4 is 41.5 Å². The highest BCUT2D eigenvalue weighted by Crippen LogP contribution is 2.20. The summed E-state index contributed by atoms with van der Waals surface area (Å²) in [5.41, 5.74) is 3.64. The number of hydrogen-bond donors (Lipinski definition) is 2. The molecule has 0 aromatic heterocycles. The van der Waals surface area contributed by atoms with E-state index in [0.29, 0.717) is 25.6 Å². The molecule has 2 fully saturated rings. The van der Waals surface area contributed by atoms with Crippen molar-refractivity contribution in [3.8, 4) is 0 Å². The largest absolute Gasteiger partial charge is 0.369 e. The number of rotatable bonds is 7. The number of hydrogen-bond acceptors (Lipinski definition) is 3. The third-order valence-corrected chi connectivity index (χ3v) is 6.05. The summed E-state index contributed by atoms with van der Waals surface area (Å²) in [6.07, 6.45) is 2.73. The number of carbonyl (C=O) groups excluding carboxylic acids is 1. The van der Waals surface area contributed by atoms with Gasteiger partial charge in [-0.3, -0.25) is 4.79 Å². The van der Waals surface area contributed by atoms with Crippen LogP contribution < -0.4 is 15.5 Å². The van der Waals surface area contributed by atoms with Crippen LogP contribution in [-0.4, -0.2) is 49.0 Å². The number of nitrogens with zero attached hydrogens (tertiary/aromatic N) is 3. The molecule has 172 valence electrons. The number of carbonyl (C=O) groups is 1. The molecule has 7 heteroatoms. The van der Waals surface area contributed by atoms with E-state index in [9.17, 15) is 4.79 Å². The first-order valence-corrected chi connectivity index (χ1v) is 11.4. The van der Waals surface area contributed by atoms with Crippen LogP contribution in [0, 0.1) is 0 Å². The third kappa shape index (κ3) is 6.37. The molecule has 2 aromatic rings. The molecule has 2 N–H and O–H groups in total. The van der Waals surface area contributed by atoms with Crippen LogP contribution in [0.2, 0.25) is 0 Å². The summed E-state index contributed by atoms with van der Waals surface area (Å²) in [5.74, 6) is 1.12. The lowest BCUT2D eigenvalue weighted by molar-refractivity contribution is -0.128. The second-order valence-corrected chi connectivity index (χ2v) is 8.29. The van der Waals surface area contributed by atoms with E-state index in [1.165, 1.54) is 16.8 Å². The number of likely N-dealkylation sites (tertiary alicyclic amines) is 1. The van der Waals surface area contributed by atoms with Crippen molar-refractivity contribution in [1.82, 2.24) is 15.5 Å². The van der Waals surface area contributed by atoms with E-state index in [1.807, 2.05) is 11.0 Å². The lowest BCUT2D eigenvalue weighted by Gasteiger charge is -2.21. The maximum Gasteiger partial charge on any atom is 0.222 e. The summed E-state index contributed by atoms with van der Waals surface area (Å²) in [5, 5.41) is 7.01. The van der Waals surface area contributed by atoms with E-state index in [-0.39, 0.29) is 29.9 Å². The molecule has 32 heavy (non-hydrogen) atoms. The molecule has 1 unspecified atom stereocenters. The normalized spacial score (nSPS) is 18.6. The van der Waals surface area contributed by atoms with Gasteiger partial charge < -0.3 is 20.4 Å². The SMILES string of the molecule is CCNC(=NCc1ccccc1CN1CCCC1=O)NC1CCN(c2ccccc2)C1.I. The molecule has 1 atom stereocenters. The predicted octanol–water partition coefficient (Wildman–Crippen LogP) is 3.76. The standard InChI is InChI=1S/C25H33N5O.HI/c1-2-26-25(28-22-14-16-29(19-22)23-11-4-3-5-12-23)27-17-20-9-6-7-10-21(20)18-30-15-8-13-24(30)31;/h3-7,9-12,22H,2,8,13-19H2,1H3,(H2,26,27,28);1H. The molecule has 0 bridgehead atoms. The highest BCUT2D eigenvalue weighted by molar-refractivity contribution is 14.0. The van der Waals surface area contributed by atoms with Crippen LogP contribution in [0.25, 0.3) is 0 Å². The van der Waals surface area contributed by atoms with Gasteiger partial charge in [0.05, 0.1) is 6.54 Å². The Morgan fingerprint density at radius 2 is 1.81 bits per heavy atom. The Balaban J connectivity index is 0.00000289. The summed E-state index contributed by atoms with van der Waals surface area (Å²) in [6, 6.07) is 19.3. The molecule has 2 aromatic carbocycles. The Labute approximate surface area is 208 Å². The molecule has 0 aliphatic carbocycles. The van der Waals surface area contributed by atoms with Gasteiger partial charge >= 0.3 is 0 Å². The average molecular weight is 547 g/mol. The van der Waals surface area contributed by atoms with Gasteiger partial charge in [0, 0.05) is 50.9 Å². The fourth-order valence-electron chi connectivity index (χ4n) is 4.37. The van der Waals surface area contributed by atoms with Crippen LogP contribution in [0.4, 0.5) is 5.69 Å². The van der Waals surface area contributed by atoms with Crippen LogP contribution in [0.15, 0.2) is 59.6 Å². The smallest absolute Gasteiger partial charge is 0.222 e. The summed E-state index contributed by atoms with van der Waals surface area (Å²) in [6.45, 7) is 7.09. The van der Waals surface area contributed by atoms with E-state index >= 15 is 0 Å². The van der Waals surface area contributed by atoms with Gasteiger partial charge in [0.25, 0.3) is 0 Å². The van der Waals surface area contributed by atoms with Crippen molar-refractivity contribution in [3.05, 3.63) is 65.7 Å². The maximum atomic E-state index is 12.0. The van der Waals surface area contributed by atoms with Gasteiger partial charge in [-0.2, -0.15) is 0 Å². The number of nitrogens with one attached hydrogen (secondary N) is 2. The molecule has 2 aliphatic heterocycles. The van der Waals surface area contributed by atoms with Gasteiger partial charge in [-0.05, 0) is 43.0 Å². The van der Waals surface area contributed by atoms with Gasteiger partial charge in [0.2, 0.25) is 5.91 Å². The number of anilines is 1. The first-order valence-electron chi connectivity index (χ1n) is 11.4. The quantitative estimate of drug-likeness (QED) is 0.315. The number of aliphatic imine (C=N–C) groups is 1. The number of guanidine groups is 1. The van der Waals surface area contributed by atoms with Crippen LogP contribution in [-0.2, 0) is 17.9 Å². The molecule has 2 aliphatic rings. The van der Waals surface area contributed by atoms with Gasteiger partial charge in [0.1, 0.15) is 0 Å². The topological polar surface area (TPSA) is 60.0 Å². The molecular weight excluding hydrogens is 513 g/mol. The number of benzene rings is 2. The minimum Gasteiger partial charge on any atom is -0.369 e. The Kier molecular flexibility index (Phi) is 9.20. The first-order chi connectivity index (χ1) is 15.2. The molecule has 4 rings (SSSR count). The molecule has 0 saturated carbocycles. The number of para-hydroxylation sites is 1. The summed E-state index contributed by atoms with van der Waals surface area (Å²) < 4.78 is 0. The summed E-state index contributed by atoms with van der Waals surface area (Å²) >= 11 is 0. The van der Waals surface area contributed by atoms with E-state index in [0.717, 1.165) is 45.0 Å². The summed E-state index contributed by atoms with van der Waals surface area (Å²) in [7, 11) is 0. The van der Waals surface area contributed by atoms with E-state index in [1.54, 1.807) is 0 Å². The van der Waals surface area contributed by atoms with Gasteiger partial charge in [0.15, 0.2) is 5.96 Å². The van der Waals surface area contributed by atoms with E-state index in [2.05, 4.69) is 71.0 Å². The van der Waals surface area contributed by atoms with Crippen LogP contribution in [0.3, 0.4) is 0 Å². The minimum atomic E-state index is 0. The fourth-order valence-corrected chi connectivity index (χ4v) is 4.37. The Morgan fingerprint density at radius 1 is 1.06 bits per heavy atom. The zero-order valence-corrected chi connectivity index (χ0v) is 21.1. The maximum absolute atomic E-state index is 12.0. The molecule has 2 saturated heterocycles. The Hall–Kier alpha value is -2.29. The first kappa shape index (κ1) is 24.4. The predicted molar refractivity (Wildman–Crippen MR) is 142 cm³/mol. The van der Waals surface area contributed by atoms with Gasteiger partial charge in [-0.15, -0.1) is 24.0 Å². The average Bonchev–Trinajstić information content (AvgIpc) is 3.43. The number of halogens is 1. The lowest BCUT2D eigenvalue weighted by atomic mass is 10.1. The molecule has 1 amide bonds. The van der Waals surface area contributed by atoms with Crippen LogP contribution in [0.5, 0.6) is 0 Å². The van der Waals surface area contributed by atoms with Crippen molar-refractivity contribution in [3.63, 3.8) is 0 Å². The zero-order chi connectivity index (χ0) is 21.5. The van der Waals surface area contributed by atoms with Crippen molar-refractivity contribution in [1.29, 1.82) is 0 Å². The monoisotopic (exact) mass is 547 g/mol. The van der Waals surface area contributed by atoms with Crippen LogP contribution >= 0.6 is 24.0 Å². The highest BCUT2D eigenvalue weighted by atomic mass is 127. The van der Waals surface area contributed by atoms with Crippen LogP contribution in [0.1, 0.15) is 37.3 Å².